The number of hydrogen-bond acceptors (Lipinski definition) is 22. The number of alkyl carbamates (subject to hydrolysis) is 1. The number of amides is 2. The Labute approximate surface area is 571 Å². The van der Waals surface area contributed by atoms with Crippen molar-refractivity contribution in [3.05, 3.63) is 11.6 Å². The number of carbonyl (C=O) groups is 2. The second-order valence-electron chi connectivity index (χ2n) is 25.8. The molecule has 95 heavy (non-hydrogen) atoms. The normalized spacial score (nSPS) is 22.0. The van der Waals surface area contributed by atoms with Gasteiger partial charge >= 0.3 is 6.09 Å². The zero-order valence-electron chi connectivity index (χ0n) is 59.9. The van der Waals surface area contributed by atoms with Crippen molar-refractivity contribution in [3.63, 3.8) is 0 Å². The van der Waals surface area contributed by atoms with Crippen LogP contribution in [0.15, 0.2) is 11.6 Å². The molecule has 24 heteroatoms. The fourth-order valence-corrected chi connectivity index (χ4v) is 13.6. The van der Waals surface area contributed by atoms with Gasteiger partial charge < -0.3 is 105 Å². The third kappa shape index (κ3) is 40.1. The minimum atomic E-state index is -0.348. The van der Waals surface area contributed by atoms with Gasteiger partial charge in [-0.2, -0.15) is 0 Å². The summed E-state index contributed by atoms with van der Waals surface area (Å²) in [6.07, 6.45) is 16.5. The third-order valence-electron chi connectivity index (χ3n) is 18.6. The second-order valence-corrected chi connectivity index (χ2v) is 25.8. The minimum Gasteiger partial charge on any atom is -0.446 e. The zero-order chi connectivity index (χ0) is 67.8. The molecule has 0 radical (unpaired) electrons. The fraction of sp³-hybridized carbons (Fsp3) is 0.944. The van der Waals surface area contributed by atoms with Gasteiger partial charge in [0.25, 0.3) is 0 Å². The lowest BCUT2D eigenvalue weighted by molar-refractivity contribution is -0.121. The lowest BCUT2D eigenvalue weighted by Crippen LogP contribution is -2.51. The maximum atomic E-state index is 12.8. The Balaban J connectivity index is 0.750. The van der Waals surface area contributed by atoms with E-state index in [1.807, 2.05) is 6.92 Å². The van der Waals surface area contributed by atoms with Crippen LogP contribution in [0, 0.1) is 46.3 Å². The molecule has 3 fully saturated rings. The summed E-state index contributed by atoms with van der Waals surface area (Å²) in [7, 11) is 0. The van der Waals surface area contributed by atoms with Crippen molar-refractivity contribution in [3.8, 4) is 0 Å². The van der Waals surface area contributed by atoms with E-state index in [9.17, 15) is 9.59 Å². The number of hydrogen-bond donors (Lipinski definition) is 2. The molecule has 0 aromatic heterocycles. The minimum absolute atomic E-state index is 0.0216. The van der Waals surface area contributed by atoms with E-state index in [0.29, 0.717) is 276 Å². The molecule has 8 atom stereocenters. The molecule has 2 amide bonds. The maximum Gasteiger partial charge on any atom is 0.407 e. The molecule has 0 bridgehead atoms. The predicted molar refractivity (Wildman–Crippen MR) is 360 cm³/mol. The van der Waals surface area contributed by atoms with Gasteiger partial charge in [0.15, 0.2) is 0 Å². The Morgan fingerprint density at radius 1 is 0.421 bits per heavy atom. The number of rotatable bonds is 67. The van der Waals surface area contributed by atoms with Crippen LogP contribution in [0.3, 0.4) is 0 Å². The smallest absolute Gasteiger partial charge is 0.407 e. The SMILES string of the molecule is CCC(=O)NCCOCCOCCOCCOCCOCCOCCOCCOCCOCCOCCOCCOCCOCCOCCOCCOCCOCCOCCOCCNC(=O)O[C@H]1CC[C@@]2(C)C(=CC[C@H]3[C@@H]4CC[C@H]([C@H](C)CCCC(C)C)[C@@]4(C)CC[C@@H]32)C1. The van der Waals surface area contributed by atoms with E-state index in [2.05, 4.69) is 51.3 Å². The zero-order valence-corrected chi connectivity index (χ0v) is 59.9. The molecule has 2 N–H and O–H groups in total. The Hall–Kier alpha value is -2.28. The summed E-state index contributed by atoms with van der Waals surface area (Å²) < 4.78 is 111. The number of carbonyl (C=O) groups excluding carboxylic acids is 2. The van der Waals surface area contributed by atoms with Crippen molar-refractivity contribution in [2.24, 2.45) is 46.3 Å². The molecule has 0 aromatic rings. The third-order valence-corrected chi connectivity index (χ3v) is 18.6. The fourth-order valence-electron chi connectivity index (χ4n) is 13.6. The van der Waals surface area contributed by atoms with Crippen LogP contribution >= 0.6 is 0 Å². The molecule has 4 aliphatic carbocycles. The topological polar surface area (TPSA) is 243 Å². The predicted octanol–water partition coefficient (Wildman–Crippen LogP) is 7.96. The van der Waals surface area contributed by atoms with Gasteiger partial charge in [-0.3, -0.25) is 4.79 Å². The summed E-state index contributed by atoms with van der Waals surface area (Å²) in [4.78, 5) is 23.9. The molecule has 0 aliphatic heterocycles. The molecular formula is C71H132N2O22. The quantitative estimate of drug-likeness (QED) is 0.0433. The van der Waals surface area contributed by atoms with Gasteiger partial charge in [-0.25, -0.2) is 4.79 Å². The van der Waals surface area contributed by atoms with Gasteiger partial charge in [0.05, 0.1) is 251 Å². The van der Waals surface area contributed by atoms with E-state index in [0.717, 1.165) is 54.8 Å². The van der Waals surface area contributed by atoms with Gasteiger partial charge in [0.2, 0.25) is 5.91 Å². The molecule has 0 saturated heterocycles. The van der Waals surface area contributed by atoms with Crippen molar-refractivity contribution in [1.29, 1.82) is 0 Å². The van der Waals surface area contributed by atoms with Crippen molar-refractivity contribution >= 4 is 12.0 Å². The lowest BCUT2D eigenvalue weighted by atomic mass is 9.47. The molecule has 3 saturated carbocycles. The van der Waals surface area contributed by atoms with Crippen molar-refractivity contribution in [2.75, 3.05) is 264 Å². The van der Waals surface area contributed by atoms with Crippen LogP contribution in [0.2, 0.25) is 0 Å². The van der Waals surface area contributed by atoms with Crippen LogP contribution < -0.4 is 10.6 Å². The first-order chi connectivity index (χ1) is 46.6. The van der Waals surface area contributed by atoms with Crippen molar-refractivity contribution in [2.45, 2.75) is 125 Å². The Bertz CT molecular complexity index is 1850. The van der Waals surface area contributed by atoms with Gasteiger partial charge in [0, 0.05) is 25.9 Å². The van der Waals surface area contributed by atoms with E-state index in [-0.39, 0.29) is 23.5 Å². The van der Waals surface area contributed by atoms with Gasteiger partial charge in [0.1, 0.15) is 6.10 Å². The summed E-state index contributed by atoms with van der Waals surface area (Å²) in [6, 6.07) is 0. The van der Waals surface area contributed by atoms with Crippen LogP contribution in [0.25, 0.3) is 0 Å². The van der Waals surface area contributed by atoms with Gasteiger partial charge in [-0.1, -0.05) is 72.5 Å². The van der Waals surface area contributed by atoms with Crippen LogP contribution in [-0.4, -0.2) is 282 Å². The first kappa shape index (κ1) is 85.1. The molecule has 0 spiro atoms. The molecule has 0 heterocycles. The van der Waals surface area contributed by atoms with E-state index in [1.54, 1.807) is 5.57 Å². The number of allylic oxidation sites excluding steroid dienone is 1. The average Bonchev–Trinajstić information content (AvgIpc) is 1.69. The van der Waals surface area contributed by atoms with Crippen LogP contribution in [0.5, 0.6) is 0 Å². The summed E-state index contributed by atoms with van der Waals surface area (Å²) in [5.74, 6) is 4.95. The molecule has 4 rings (SSSR count). The first-order valence-electron chi connectivity index (χ1n) is 36.5. The highest BCUT2D eigenvalue weighted by molar-refractivity contribution is 5.75. The molecular weight excluding hydrogens is 1230 g/mol. The molecule has 0 unspecified atom stereocenters. The van der Waals surface area contributed by atoms with Crippen LogP contribution in [0.4, 0.5) is 4.79 Å². The highest BCUT2D eigenvalue weighted by atomic mass is 16.6. The highest BCUT2D eigenvalue weighted by Crippen LogP contribution is 2.67. The van der Waals surface area contributed by atoms with E-state index >= 15 is 0 Å². The average molecular weight is 1370 g/mol. The Kier molecular flexibility index (Phi) is 51.4. The van der Waals surface area contributed by atoms with Gasteiger partial charge in [-0.15, -0.1) is 0 Å². The number of ether oxygens (including phenoxy) is 20. The van der Waals surface area contributed by atoms with Crippen molar-refractivity contribution in [1.82, 2.24) is 10.6 Å². The molecule has 0 aromatic carbocycles. The molecule has 558 valence electrons. The lowest BCUT2D eigenvalue weighted by Gasteiger charge is -2.58. The number of nitrogens with one attached hydrogen (secondary N) is 2. The largest absolute Gasteiger partial charge is 0.446 e. The van der Waals surface area contributed by atoms with E-state index < -0.39 is 0 Å². The monoisotopic (exact) mass is 1360 g/mol. The Morgan fingerprint density at radius 3 is 1.09 bits per heavy atom. The van der Waals surface area contributed by atoms with E-state index in [1.165, 1.54) is 51.4 Å². The standard InChI is InChI=1S/C71H132N2O22/c1-7-68(74)72-19-21-76-23-25-78-27-29-80-31-33-82-35-37-84-39-41-86-43-45-88-47-49-90-51-53-92-55-57-94-58-56-93-54-52-91-50-48-89-46-44-87-42-40-85-38-36-83-34-32-81-30-28-79-26-24-77-22-20-73-69(75)95-63-15-17-70(5)62(59-63)11-12-64-66-14-13-65(61(4)10-8-9-60(2)3)71(66,6)18-16-67(64)70/h11,60-61,63-67H,7-10,12-59H2,1-6H3,(H,72,74)(H,73,75)/t61-,63+,64+,65-,66+,67+,70+,71-/m1/s1. The summed E-state index contributed by atoms with van der Waals surface area (Å²) in [5.41, 5.74) is 2.28. The van der Waals surface area contributed by atoms with Crippen LogP contribution in [-0.2, 0) is 99.5 Å². The summed E-state index contributed by atoms with van der Waals surface area (Å²) >= 11 is 0. The van der Waals surface area contributed by atoms with Gasteiger partial charge in [-0.05, 0) is 91.3 Å². The van der Waals surface area contributed by atoms with E-state index in [4.69, 9.17) is 94.7 Å². The first-order valence-corrected chi connectivity index (χ1v) is 36.5. The number of fused-ring (bicyclic) bond motifs is 5. The van der Waals surface area contributed by atoms with Crippen molar-refractivity contribution < 1.29 is 104 Å². The Morgan fingerprint density at radius 2 is 0.758 bits per heavy atom. The summed E-state index contributed by atoms with van der Waals surface area (Å²) in [6.45, 7) is 33.4. The molecule has 4 aliphatic rings. The second kappa shape index (κ2) is 57.4. The molecule has 24 nitrogen and oxygen atoms in total. The highest BCUT2D eigenvalue weighted by Gasteiger charge is 2.59. The van der Waals surface area contributed by atoms with Crippen LogP contribution in [0.1, 0.15) is 119 Å². The maximum absolute atomic E-state index is 12.8. The summed E-state index contributed by atoms with van der Waals surface area (Å²) in [5, 5.41) is 5.64.